The number of nitrogens with zero attached hydrogens (tertiary/aromatic N) is 2. The Morgan fingerprint density at radius 2 is 1.80 bits per heavy atom. The number of halogens is 1. The third-order valence-electron chi connectivity index (χ3n) is 5.86. The summed E-state index contributed by atoms with van der Waals surface area (Å²) in [6.07, 6.45) is 2.52. The van der Waals surface area contributed by atoms with Crippen molar-refractivity contribution in [2.75, 3.05) is 29.9 Å². The highest BCUT2D eigenvalue weighted by atomic mass is 79.9. The van der Waals surface area contributed by atoms with Gasteiger partial charge in [-0.2, -0.15) is 0 Å². The summed E-state index contributed by atoms with van der Waals surface area (Å²) in [6, 6.07) is 12.8. The average molecular weight is 470 g/mol. The maximum absolute atomic E-state index is 12.9. The molecule has 30 heavy (non-hydrogen) atoms. The van der Waals surface area contributed by atoms with Crippen LogP contribution in [0, 0.1) is 12.8 Å². The van der Waals surface area contributed by atoms with Gasteiger partial charge in [-0.25, -0.2) is 0 Å². The fourth-order valence-corrected chi connectivity index (χ4v) is 4.52. The van der Waals surface area contributed by atoms with Gasteiger partial charge < -0.3 is 15.1 Å². The van der Waals surface area contributed by atoms with Gasteiger partial charge >= 0.3 is 0 Å². The van der Waals surface area contributed by atoms with Crippen LogP contribution in [0.1, 0.15) is 35.2 Å². The van der Waals surface area contributed by atoms with Gasteiger partial charge in [-0.05, 0) is 62.1 Å². The lowest BCUT2D eigenvalue weighted by Gasteiger charge is -2.19. The molecule has 2 aromatic rings. The predicted octanol–water partition coefficient (Wildman–Crippen LogP) is 3.99. The van der Waals surface area contributed by atoms with Crippen molar-refractivity contribution in [3.05, 3.63) is 58.1 Å². The second-order valence-corrected chi connectivity index (χ2v) is 8.69. The maximum Gasteiger partial charge on any atom is 0.254 e. The molecule has 3 amide bonds. The number of amides is 3. The minimum absolute atomic E-state index is 0.00104. The molecule has 2 heterocycles. The van der Waals surface area contributed by atoms with Crippen LogP contribution in [0.4, 0.5) is 11.4 Å². The van der Waals surface area contributed by atoms with Crippen LogP contribution in [-0.4, -0.2) is 42.3 Å². The van der Waals surface area contributed by atoms with Gasteiger partial charge in [-0.15, -0.1) is 0 Å². The largest absolute Gasteiger partial charge is 0.339 e. The van der Waals surface area contributed by atoms with E-state index in [9.17, 15) is 14.4 Å². The fraction of sp³-hybridized carbons (Fsp3) is 0.348. The Bertz CT molecular complexity index is 1000. The molecule has 0 saturated carbocycles. The first-order valence-corrected chi connectivity index (χ1v) is 11.0. The number of hydrogen-bond acceptors (Lipinski definition) is 3. The van der Waals surface area contributed by atoms with Crippen molar-refractivity contribution in [2.45, 2.75) is 26.2 Å². The number of likely N-dealkylation sites (tertiary alicyclic amines) is 1. The molecular weight excluding hydrogens is 446 g/mol. The minimum atomic E-state index is -0.735. The van der Waals surface area contributed by atoms with Crippen molar-refractivity contribution >= 4 is 45.0 Å². The average Bonchev–Trinajstić information content (AvgIpc) is 3.39. The second kappa shape index (κ2) is 8.60. The molecule has 0 spiro atoms. The second-order valence-electron chi connectivity index (χ2n) is 7.78. The Balaban J connectivity index is 1.48. The summed E-state index contributed by atoms with van der Waals surface area (Å²) in [4.78, 5) is 42.1. The SMILES string of the molecule is Cc1c(NC(=O)C2CCN(c3cccc(Br)c3)C2=O)cccc1C(=O)N1CCCC1. The monoisotopic (exact) mass is 469 g/mol. The summed E-state index contributed by atoms with van der Waals surface area (Å²) in [7, 11) is 0. The van der Waals surface area contributed by atoms with Crippen molar-refractivity contribution in [1.82, 2.24) is 4.90 Å². The standard InChI is InChI=1S/C23H24BrN3O3/c1-15-18(22(29)26-11-2-3-12-26)8-5-9-20(15)25-21(28)19-10-13-27(23(19)30)17-7-4-6-16(24)14-17/h4-9,14,19H,2-3,10-13H2,1H3,(H,25,28). The number of rotatable bonds is 4. The van der Waals surface area contributed by atoms with Gasteiger partial charge in [0.15, 0.2) is 0 Å². The molecule has 0 bridgehead atoms. The van der Waals surface area contributed by atoms with Gasteiger partial charge in [0.25, 0.3) is 5.91 Å². The van der Waals surface area contributed by atoms with Crippen molar-refractivity contribution in [2.24, 2.45) is 5.92 Å². The summed E-state index contributed by atoms with van der Waals surface area (Å²) in [5, 5.41) is 2.89. The molecule has 2 fully saturated rings. The van der Waals surface area contributed by atoms with Crippen molar-refractivity contribution in [3.63, 3.8) is 0 Å². The number of carbonyl (C=O) groups is 3. The molecule has 6 nitrogen and oxygen atoms in total. The van der Waals surface area contributed by atoms with Crippen LogP contribution in [0.5, 0.6) is 0 Å². The Morgan fingerprint density at radius 1 is 1.07 bits per heavy atom. The first-order chi connectivity index (χ1) is 14.5. The van der Waals surface area contributed by atoms with E-state index in [2.05, 4.69) is 21.2 Å². The molecule has 0 radical (unpaired) electrons. The molecule has 1 atom stereocenters. The highest BCUT2D eigenvalue weighted by Crippen LogP contribution is 2.29. The van der Waals surface area contributed by atoms with E-state index in [1.807, 2.05) is 36.1 Å². The van der Waals surface area contributed by atoms with E-state index in [1.54, 1.807) is 23.1 Å². The number of hydrogen-bond donors (Lipinski definition) is 1. The summed E-state index contributed by atoms with van der Waals surface area (Å²) < 4.78 is 0.885. The molecule has 156 valence electrons. The lowest BCUT2D eigenvalue weighted by molar-refractivity contribution is -0.129. The van der Waals surface area contributed by atoms with Crippen LogP contribution >= 0.6 is 15.9 Å². The normalized spacial score (nSPS) is 18.7. The minimum Gasteiger partial charge on any atom is -0.339 e. The van der Waals surface area contributed by atoms with Gasteiger partial charge in [-0.1, -0.05) is 28.1 Å². The molecule has 7 heteroatoms. The van der Waals surface area contributed by atoms with E-state index in [0.29, 0.717) is 24.2 Å². The van der Waals surface area contributed by atoms with Crippen LogP contribution in [0.2, 0.25) is 0 Å². The Labute approximate surface area is 184 Å². The smallest absolute Gasteiger partial charge is 0.254 e. The fourth-order valence-electron chi connectivity index (χ4n) is 4.14. The van der Waals surface area contributed by atoms with E-state index in [1.165, 1.54) is 0 Å². The molecule has 1 unspecified atom stereocenters. The van der Waals surface area contributed by atoms with Crippen molar-refractivity contribution in [1.29, 1.82) is 0 Å². The Kier molecular flexibility index (Phi) is 5.90. The lowest BCUT2D eigenvalue weighted by Crippen LogP contribution is -2.33. The molecule has 2 aromatic carbocycles. The highest BCUT2D eigenvalue weighted by molar-refractivity contribution is 9.10. The van der Waals surface area contributed by atoms with Gasteiger partial charge in [0.2, 0.25) is 11.8 Å². The zero-order valence-electron chi connectivity index (χ0n) is 16.9. The Hall–Kier alpha value is -2.67. The van der Waals surface area contributed by atoms with E-state index in [-0.39, 0.29) is 17.7 Å². The van der Waals surface area contributed by atoms with E-state index < -0.39 is 5.92 Å². The van der Waals surface area contributed by atoms with Crippen LogP contribution in [-0.2, 0) is 9.59 Å². The molecular formula is C23H24BrN3O3. The van der Waals surface area contributed by atoms with Crippen molar-refractivity contribution in [3.8, 4) is 0 Å². The van der Waals surface area contributed by atoms with Gasteiger partial charge in [0.1, 0.15) is 5.92 Å². The van der Waals surface area contributed by atoms with E-state index in [4.69, 9.17) is 0 Å². The van der Waals surface area contributed by atoms with Crippen LogP contribution < -0.4 is 10.2 Å². The van der Waals surface area contributed by atoms with Gasteiger partial charge in [-0.3, -0.25) is 14.4 Å². The van der Waals surface area contributed by atoms with Crippen LogP contribution in [0.25, 0.3) is 0 Å². The first-order valence-electron chi connectivity index (χ1n) is 10.2. The zero-order valence-corrected chi connectivity index (χ0v) is 18.4. The van der Waals surface area contributed by atoms with E-state index in [0.717, 1.165) is 41.7 Å². The third kappa shape index (κ3) is 3.99. The summed E-state index contributed by atoms with van der Waals surface area (Å²) in [5.41, 5.74) is 2.69. The number of carbonyl (C=O) groups excluding carboxylic acids is 3. The topological polar surface area (TPSA) is 69.7 Å². The lowest BCUT2D eigenvalue weighted by atomic mass is 10.0. The molecule has 2 aliphatic rings. The summed E-state index contributed by atoms with van der Waals surface area (Å²) in [6.45, 7) is 3.89. The molecule has 2 aliphatic heterocycles. The summed E-state index contributed by atoms with van der Waals surface area (Å²) >= 11 is 3.42. The van der Waals surface area contributed by atoms with Crippen LogP contribution in [0.15, 0.2) is 46.9 Å². The highest BCUT2D eigenvalue weighted by Gasteiger charge is 2.38. The number of benzene rings is 2. The Morgan fingerprint density at radius 3 is 2.53 bits per heavy atom. The maximum atomic E-state index is 12.9. The van der Waals surface area contributed by atoms with Crippen molar-refractivity contribution < 1.29 is 14.4 Å². The van der Waals surface area contributed by atoms with Crippen LogP contribution in [0.3, 0.4) is 0 Å². The van der Waals surface area contributed by atoms with E-state index >= 15 is 0 Å². The predicted molar refractivity (Wildman–Crippen MR) is 120 cm³/mol. The first kappa shape index (κ1) is 20.6. The summed E-state index contributed by atoms with van der Waals surface area (Å²) in [5.74, 6) is -1.26. The molecule has 1 N–H and O–H groups in total. The van der Waals surface area contributed by atoms with Gasteiger partial charge in [0.05, 0.1) is 0 Å². The van der Waals surface area contributed by atoms with Gasteiger partial charge in [0, 0.05) is 41.0 Å². The molecule has 0 aromatic heterocycles. The number of anilines is 2. The quantitative estimate of drug-likeness (QED) is 0.688. The molecule has 0 aliphatic carbocycles. The molecule has 2 saturated heterocycles. The number of nitrogens with one attached hydrogen (secondary N) is 1. The zero-order chi connectivity index (χ0) is 21.3. The third-order valence-corrected chi connectivity index (χ3v) is 6.35. The molecule has 4 rings (SSSR count).